The van der Waals surface area contributed by atoms with Gasteiger partial charge in [0.2, 0.25) is 0 Å². The lowest BCUT2D eigenvalue weighted by atomic mass is 10.1. The number of anilines is 1. The second-order valence-electron chi connectivity index (χ2n) is 4.75. The Bertz CT molecular complexity index is 588. The highest BCUT2D eigenvalue weighted by molar-refractivity contribution is 5.48. The van der Waals surface area contributed by atoms with Crippen LogP contribution in [0, 0.1) is 26.6 Å². The Kier molecular flexibility index (Phi) is 3.74. The van der Waals surface area contributed by atoms with Crippen LogP contribution < -0.4 is 10.5 Å². The van der Waals surface area contributed by atoms with E-state index in [1.807, 2.05) is 26.8 Å². The second kappa shape index (κ2) is 5.31. The number of halogens is 1. The summed E-state index contributed by atoms with van der Waals surface area (Å²) in [5, 5.41) is 0. The van der Waals surface area contributed by atoms with Gasteiger partial charge in [0, 0.05) is 11.3 Å². The van der Waals surface area contributed by atoms with Gasteiger partial charge in [0.1, 0.15) is 18.2 Å². The molecule has 0 saturated carbocycles. The van der Waals surface area contributed by atoms with E-state index in [-0.39, 0.29) is 12.4 Å². The van der Waals surface area contributed by atoms with Gasteiger partial charge in [0.25, 0.3) is 0 Å². The summed E-state index contributed by atoms with van der Waals surface area (Å²) in [5.74, 6) is 0.477. The van der Waals surface area contributed by atoms with Crippen molar-refractivity contribution in [1.29, 1.82) is 0 Å². The molecule has 0 unspecified atom stereocenters. The molecule has 0 amide bonds. The minimum Gasteiger partial charge on any atom is -0.488 e. The summed E-state index contributed by atoms with van der Waals surface area (Å²) in [6.07, 6.45) is 0. The molecular formula is C16H18FNO. The first-order chi connectivity index (χ1) is 9.00. The molecule has 100 valence electrons. The Balaban J connectivity index is 2.27. The molecule has 0 fully saturated rings. The van der Waals surface area contributed by atoms with Crippen molar-refractivity contribution < 1.29 is 9.13 Å². The van der Waals surface area contributed by atoms with Crippen LogP contribution in [0.15, 0.2) is 30.3 Å². The maximum Gasteiger partial charge on any atom is 0.131 e. The Morgan fingerprint density at radius 2 is 1.74 bits per heavy atom. The largest absolute Gasteiger partial charge is 0.488 e. The SMILES string of the molecule is Cc1ccc(C)c(OCc2c(N)cccc2F)c1C. The van der Waals surface area contributed by atoms with Crippen molar-refractivity contribution >= 4 is 5.69 Å². The predicted octanol–water partition coefficient (Wildman–Crippen LogP) is 3.91. The third-order valence-corrected chi connectivity index (χ3v) is 3.39. The molecular weight excluding hydrogens is 241 g/mol. The molecule has 3 heteroatoms. The molecule has 0 bridgehead atoms. The summed E-state index contributed by atoms with van der Waals surface area (Å²) in [6.45, 7) is 6.15. The normalized spacial score (nSPS) is 10.5. The van der Waals surface area contributed by atoms with Gasteiger partial charge in [-0.3, -0.25) is 0 Å². The zero-order valence-corrected chi connectivity index (χ0v) is 11.5. The molecule has 0 saturated heterocycles. The van der Waals surface area contributed by atoms with Crippen LogP contribution in [-0.4, -0.2) is 0 Å². The van der Waals surface area contributed by atoms with Gasteiger partial charge >= 0.3 is 0 Å². The van der Waals surface area contributed by atoms with Crippen LogP contribution in [0.25, 0.3) is 0 Å². The third-order valence-electron chi connectivity index (χ3n) is 3.39. The molecule has 2 aromatic carbocycles. The molecule has 2 rings (SSSR count). The number of benzene rings is 2. The first kappa shape index (κ1) is 13.4. The second-order valence-corrected chi connectivity index (χ2v) is 4.75. The molecule has 0 aromatic heterocycles. The topological polar surface area (TPSA) is 35.2 Å². The van der Waals surface area contributed by atoms with Crippen LogP contribution in [0.2, 0.25) is 0 Å². The lowest BCUT2D eigenvalue weighted by Crippen LogP contribution is -2.05. The summed E-state index contributed by atoms with van der Waals surface area (Å²) in [6, 6.07) is 8.72. The highest BCUT2D eigenvalue weighted by Crippen LogP contribution is 2.27. The van der Waals surface area contributed by atoms with E-state index in [2.05, 4.69) is 6.07 Å². The molecule has 0 radical (unpaired) electrons. The van der Waals surface area contributed by atoms with Crippen molar-refractivity contribution in [3.8, 4) is 5.75 Å². The Morgan fingerprint density at radius 3 is 2.42 bits per heavy atom. The van der Waals surface area contributed by atoms with E-state index in [0.717, 1.165) is 22.4 Å². The molecule has 0 spiro atoms. The standard InChI is InChI=1S/C16H18FNO/c1-10-7-8-11(2)16(12(10)3)19-9-13-14(17)5-4-6-15(13)18/h4-8H,9,18H2,1-3H3. The van der Waals surface area contributed by atoms with Gasteiger partial charge in [-0.1, -0.05) is 18.2 Å². The third kappa shape index (κ3) is 2.70. The zero-order valence-electron chi connectivity index (χ0n) is 11.5. The lowest BCUT2D eigenvalue weighted by Gasteiger charge is -2.15. The summed E-state index contributed by atoms with van der Waals surface area (Å²) < 4.78 is 19.4. The maximum absolute atomic E-state index is 13.7. The molecule has 0 aliphatic carbocycles. The van der Waals surface area contributed by atoms with E-state index in [9.17, 15) is 4.39 Å². The summed E-state index contributed by atoms with van der Waals surface area (Å²) in [7, 11) is 0. The van der Waals surface area contributed by atoms with E-state index in [1.54, 1.807) is 12.1 Å². The number of nitrogen functional groups attached to an aromatic ring is 1. The fourth-order valence-electron chi connectivity index (χ4n) is 2.02. The van der Waals surface area contributed by atoms with Gasteiger partial charge < -0.3 is 10.5 Å². The number of aryl methyl sites for hydroxylation is 2. The number of ether oxygens (including phenoxy) is 1. The first-order valence-corrected chi connectivity index (χ1v) is 6.23. The molecule has 0 aliphatic heterocycles. The van der Waals surface area contributed by atoms with Gasteiger partial charge in [-0.05, 0) is 49.6 Å². The number of hydrogen-bond acceptors (Lipinski definition) is 2. The van der Waals surface area contributed by atoms with Crippen LogP contribution in [0.1, 0.15) is 22.3 Å². The fraction of sp³-hybridized carbons (Fsp3) is 0.250. The first-order valence-electron chi connectivity index (χ1n) is 6.23. The minimum atomic E-state index is -0.331. The van der Waals surface area contributed by atoms with Crippen LogP contribution in [-0.2, 0) is 6.61 Å². The zero-order chi connectivity index (χ0) is 14.0. The van der Waals surface area contributed by atoms with E-state index in [0.29, 0.717) is 11.3 Å². The van der Waals surface area contributed by atoms with Crippen LogP contribution in [0.4, 0.5) is 10.1 Å². The highest BCUT2D eigenvalue weighted by atomic mass is 19.1. The lowest BCUT2D eigenvalue weighted by molar-refractivity contribution is 0.296. The molecule has 2 N–H and O–H groups in total. The maximum atomic E-state index is 13.7. The van der Waals surface area contributed by atoms with E-state index >= 15 is 0 Å². The molecule has 19 heavy (non-hydrogen) atoms. The monoisotopic (exact) mass is 259 g/mol. The molecule has 2 aromatic rings. The molecule has 0 heterocycles. The van der Waals surface area contributed by atoms with Crippen molar-refractivity contribution in [2.75, 3.05) is 5.73 Å². The molecule has 0 aliphatic rings. The van der Waals surface area contributed by atoms with E-state index in [4.69, 9.17) is 10.5 Å². The number of nitrogens with two attached hydrogens (primary N) is 1. The average Bonchev–Trinajstić information content (AvgIpc) is 2.37. The quantitative estimate of drug-likeness (QED) is 0.848. The van der Waals surface area contributed by atoms with Crippen molar-refractivity contribution in [3.05, 3.63) is 58.4 Å². The molecule has 2 nitrogen and oxygen atoms in total. The van der Waals surface area contributed by atoms with Crippen molar-refractivity contribution in [2.45, 2.75) is 27.4 Å². The summed E-state index contributed by atoms with van der Waals surface area (Å²) in [5.41, 5.74) is 9.87. The van der Waals surface area contributed by atoms with Crippen molar-refractivity contribution in [3.63, 3.8) is 0 Å². The van der Waals surface area contributed by atoms with E-state index in [1.165, 1.54) is 6.07 Å². The average molecular weight is 259 g/mol. The van der Waals surface area contributed by atoms with Crippen molar-refractivity contribution in [1.82, 2.24) is 0 Å². The molecule has 0 atom stereocenters. The van der Waals surface area contributed by atoms with Crippen LogP contribution in [0.3, 0.4) is 0 Å². The van der Waals surface area contributed by atoms with E-state index < -0.39 is 0 Å². The van der Waals surface area contributed by atoms with Gasteiger partial charge in [-0.2, -0.15) is 0 Å². The minimum absolute atomic E-state index is 0.142. The highest BCUT2D eigenvalue weighted by Gasteiger charge is 2.10. The fourth-order valence-corrected chi connectivity index (χ4v) is 2.02. The summed E-state index contributed by atoms with van der Waals surface area (Å²) >= 11 is 0. The van der Waals surface area contributed by atoms with Crippen LogP contribution in [0.5, 0.6) is 5.75 Å². The van der Waals surface area contributed by atoms with Crippen molar-refractivity contribution in [2.24, 2.45) is 0 Å². The Morgan fingerprint density at radius 1 is 1.05 bits per heavy atom. The van der Waals surface area contributed by atoms with Gasteiger partial charge in [0.15, 0.2) is 0 Å². The van der Waals surface area contributed by atoms with Gasteiger partial charge in [-0.15, -0.1) is 0 Å². The van der Waals surface area contributed by atoms with Crippen LogP contribution >= 0.6 is 0 Å². The van der Waals surface area contributed by atoms with Gasteiger partial charge in [-0.25, -0.2) is 4.39 Å². The predicted molar refractivity (Wildman–Crippen MR) is 75.8 cm³/mol. The Labute approximate surface area is 113 Å². The number of rotatable bonds is 3. The number of hydrogen-bond donors (Lipinski definition) is 1. The summed E-state index contributed by atoms with van der Waals surface area (Å²) in [4.78, 5) is 0. The Hall–Kier alpha value is -2.03. The smallest absolute Gasteiger partial charge is 0.131 e. The van der Waals surface area contributed by atoms with Gasteiger partial charge in [0.05, 0.1) is 0 Å².